The topological polar surface area (TPSA) is 93.7 Å². The highest BCUT2D eigenvalue weighted by molar-refractivity contribution is 6.30. The van der Waals surface area contributed by atoms with E-state index in [9.17, 15) is 18.8 Å². The Labute approximate surface area is 195 Å². The Morgan fingerprint density at radius 1 is 1.06 bits per heavy atom. The molecule has 2 bridgehead atoms. The number of ketones is 1. The van der Waals surface area contributed by atoms with E-state index in [-0.39, 0.29) is 53.2 Å². The van der Waals surface area contributed by atoms with Crippen LogP contribution in [0.1, 0.15) is 31.2 Å². The fraction of sp³-hybridized carbons (Fsp3) is 0.375. The molecular weight excluding hydrogens is 451 g/mol. The number of carbonyl (C=O) groups excluding carboxylic acids is 3. The third kappa shape index (κ3) is 5.63. The molecule has 0 saturated heterocycles. The van der Waals surface area contributed by atoms with Gasteiger partial charge in [0.25, 0.3) is 5.91 Å². The smallest absolute Gasteiger partial charge is 0.407 e. The first-order valence-corrected chi connectivity index (χ1v) is 11.0. The quantitative estimate of drug-likeness (QED) is 0.546. The predicted octanol–water partition coefficient (Wildman–Crippen LogP) is 3.78. The monoisotopic (exact) mass is 474 g/mol. The Balaban J connectivity index is 1.11. The third-order valence-electron chi connectivity index (χ3n) is 6.02. The first-order chi connectivity index (χ1) is 15.8. The second-order valence-electron chi connectivity index (χ2n) is 8.85. The maximum absolute atomic E-state index is 13.4. The Bertz CT molecular complexity index is 1040. The molecule has 3 aliphatic carbocycles. The van der Waals surface area contributed by atoms with E-state index in [1.807, 2.05) is 30.3 Å². The van der Waals surface area contributed by atoms with Gasteiger partial charge in [-0.1, -0.05) is 41.9 Å². The van der Waals surface area contributed by atoms with Gasteiger partial charge in [0, 0.05) is 18.0 Å². The fourth-order valence-corrected chi connectivity index (χ4v) is 4.91. The van der Waals surface area contributed by atoms with Gasteiger partial charge in [-0.25, -0.2) is 9.18 Å². The van der Waals surface area contributed by atoms with Gasteiger partial charge in [-0.15, -0.1) is 0 Å². The molecule has 2 N–H and O–H groups in total. The predicted molar refractivity (Wildman–Crippen MR) is 118 cm³/mol. The van der Waals surface area contributed by atoms with Crippen LogP contribution in [-0.2, 0) is 20.9 Å². The molecule has 3 fully saturated rings. The van der Waals surface area contributed by atoms with Crippen LogP contribution in [0.2, 0.25) is 5.02 Å². The number of nitrogens with one attached hydrogen (secondary N) is 2. The molecule has 5 rings (SSSR count). The first-order valence-electron chi connectivity index (χ1n) is 10.6. The SMILES string of the molecule is O=C(CNC(=O)OCc1ccccc1)CC12CC(NC(=O)COc3ccc(Cl)c(F)c3)(C1)C2. The summed E-state index contributed by atoms with van der Waals surface area (Å²) in [4.78, 5) is 36.2. The number of carbonyl (C=O) groups is 3. The van der Waals surface area contributed by atoms with Gasteiger partial charge in [-0.3, -0.25) is 9.59 Å². The molecule has 0 radical (unpaired) electrons. The van der Waals surface area contributed by atoms with Crippen LogP contribution < -0.4 is 15.4 Å². The fourth-order valence-electron chi connectivity index (χ4n) is 4.79. The van der Waals surface area contributed by atoms with Crippen LogP contribution >= 0.6 is 11.6 Å². The molecule has 0 heterocycles. The van der Waals surface area contributed by atoms with Crippen LogP contribution in [0.4, 0.5) is 9.18 Å². The Morgan fingerprint density at radius 3 is 2.48 bits per heavy atom. The zero-order valence-electron chi connectivity index (χ0n) is 17.9. The molecule has 2 aromatic rings. The number of ether oxygens (including phenoxy) is 2. The summed E-state index contributed by atoms with van der Waals surface area (Å²) < 4.78 is 23.8. The lowest BCUT2D eigenvalue weighted by atomic mass is 9.38. The average Bonchev–Trinajstić information content (AvgIpc) is 2.75. The lowest BCUT2D eigenvalue weighted by Crippen LogP contribution is -2.75. The molecule has 3 aliphatic rings. The summed E-state index contributed by atoms with van der Waals surface area (Å²) in [6, 6.07) is 13.3. The molecule has 33 heavy (non-hydrogen) atoms. The lowest BCUT2D eigenvalue weighted by molar-refractivity contribution is -0.172. The van der Waals surface area contributed by atoms with E-state index in [1.165, 1.54) is 12.1 Å². The molecule has 7 nitrogen and oxygen atoms in total. The van der Waals surface area contributed by atoms with Gasteiger partial charge in [0.15, 0.2) is 12.4 Å². The molecule has 0 aliphatic heterocycles. The van der Waals surface area contributed by atoms with Crippen LogP contribution in [-0.4, -0.2) is 36.5 Å². The van der Waals surface area contributed by atoms with Crippen molar-refractivity contribution >= 4 is 29.4 Å². The normalized spacial score (nSPS) is 22.4. The van der Waals surface area contributed by atoms with E-state index < -0.39 is 11.9 Å². The van der Waals surface area contributed by atoms with Crippen LogP contribution in [0.3, 0.4) is 0 Å². The van der Waals surface area contributed by atoms with E-state index >= 15 is 0 Å². The van der Waals surface area contributed by atoms with Crippen LogP contribution in [0, 0.1) is 11.2 Å². The maximum atomic E-state index is 13.4. The standard InChI is InChI=1S/C24H24ClFN2O5/c25-19-7-6-18(8-20(19)26)32-12-21(30)28-24-13-23(14-24,15-24)9-17(29)10-27-22(31)33-11-16-4-2-1-3-5-16/h1-8H,9-15H2,(H,27,31)(H,28,30). The van der Waals surface area contributed by atoms with E-state index in [1.54, 1.807) is 0 Å². The second-order valence-corrected chi connectivity index (χ2v) is 9.26. The van der Waals surface area contributed by atoms with Crippen molar-refractivity contribution in [1.82, 2.24) is 10.6 Å². The van der Waals surface area contributed by atoms with E-state index in [0.717, 1.165) is 11.6 Å². The minimum absolute atomic E-state index is 0.0141. The Kier molecular flexibility index (Phi) is 6.56. The highest BCUT2D eigenvalue weighted by Crippen LogP contribution is 2.68. The minimum atomic E-state index is -0.630. The molecule has 2 aromatic carbocycles. The van der Waals surface area contributed by atoms with Gasteiger partial charge in [0.2, 0.25) is 0 Å². The van der Waals surface area contributed by atoms with Crippen LogP contribution in [0.25, 0.3) is 0 Å². The second kappa shape index (κ2) is 9.39. The van der Waals surface area contributed by atoms with Crippen molar-refractivity contribution in [2.75, 3.05) is 13.2 Å². The summed E-state index contributed by atoms with van der Waals surface area (Å²) in [6.07, 6.45) is 1.86. The summed E-state index contributed by atoms with van der Waals surface area (Å²) in [5.41, 5.74) is 0.458. The molecule has 2 amide bonds. The van der Waals surface area contributed by atoms with Gasteiger partial charge in [0.05, 0.1) is 11.6 Å². The number of hydrogen-bond acceptors (Lipinski definition) is 5. The van der Waals surface area contributed by atoms with Gasteiger partial charge >= 0.3 is 6.09 Å². The maximum Gasteiger partial charge on any atom is 0.407 e. The van der Waals surface area contributed by atoms with Gasteiger partial charge in [0.1, 0.15) is 18.2 Å². The number of Topliss-reactive ketones (excluding diaryl/α,β-unsaturated/α-hetero) is 1. The van der Waals surface area contributed by atoms with Crippen molar-refractivity contribution in [3.05, 3.63) is 64.9 Å². The van der Waals surface area contributed by atoms with Crippen molar-refractivity contribution < 1.29 is 28.2 Å². The summed E-state index contributed by atoms with van der Waals surface area (Å²) >= 11 is 5.62. The van der Waals surface area contributed by atoms with Crippen molar-refractivity contribution in [3.63, 3.8) is 0 Å². The van der Waals surface area contributed by atoms with E-state index in [4.69, 9.17) is 21.1 Å². The Morgan fingerprint density at radius 2 is 1.79 bits per heavy atom. The largest absolute Gasteiger partial charge is 0.484 e. The van der Waals surface area contributed by atoms with Crippen molar-refractivity contribution in [3.8, 4) is 5.75 Å². The molecule has 0 aromatic heterocycles. The van der Waals surface area contributed by atoms with Crippen LogP contribution in [0.15, 0.2) is 48.5 Å². The number of hydrogen-bond donors (Lipinski definition) is 2. The number of halogens is 2. The summed E-state index contributed by atoms with van der Waals surface area (Å²) in [7, 11) is 0. The molecule has 0 atom stereocenters. The van der Waals surface area contributed by atoms with E-state index in [2.05, 4.69) is 10.6 Å². The lowest BCUT2D eigenvalue weighted by Gasteiger charge is -2.70. The minimum Gasteiger partial charge on any atom is -0.484 e. The zero-order valence-corrected chi connectivity index (χ0v) is 18.6. The summed E-state index contributed by atoms with van der Waals surface area (Å²) in [5.74, 6) is -0.756. The number of amides is 2. The molecule has 9 heteroatoms. The molecule has 3 saturated carbocycles. The van der Waals surface area contributed by atoms with E-state index in [0.29, 0.717) is 25.7 Å². The van der Waals surface area contributed by atoms with Gasteiger partial charge in [-0.05, 0) is 42.4 Å². The highest BCUT2D eigenvalue weighted by Gasteiger charge is 2.68. The molecule has 174 valence electrons. The summed E-state index contributed by atoms with van der Waals surface area (Å²) in [5, 5.41) is 5.43. The van der Waals surface area contributed by atoms with Crippen molar-refractivity contribution in [2.45, 2.75) is 37.8 Å². The highest BCUT2D eigenvalue weighted by atomic mass is 35.5. The third-order valence-corrected chi connectivity index (χ3v) is 6.33. The Hall–Kier alpha value is -3.13. The number of rotatable bonds is 10. The van der Waals surface area contributed by atoms with Crippen molar-refractivity contribution in [1.29, 1.82) is 0 Å². The van der Waals surface area contributed by atoms with Crippen LogP contribution in [0.5, 0.6) is 5.75 Å². The number of alkyl carbamates (subject to hydrolysis) is 1. The van der Waals surface area contributed by atoms with Crippen molar-refractivity contribution in [2.24, 2.45) is 5.41 Å². The number of benzene rings is 2. The average molecular weight is 475 g/mol. The summed E-state index contributed by atoms with van der Waals surface area (Å²) in [6.45, 7) is -0.173. The molecule has 0 spiro atoms. The van der Waals surface area contributed by atoms with Gasteiger partial charge in [-0.2, -0.15) is 0 Å². The van der Waals surface area contributed by atoms with Gasteiger partial charge < -0.3 is 20.1 Å². The molecule has 0 unspecified atom stereocenters. The zero-order chi connectivity index (χ0) is 23.5. The molecular formula is C24H24ClFN2O5. The first kappa shape index (κ1) is 23.0.